The number of hydrogen-bond donors (Lipinski definition) is 0. The van der Waals surface area contributed by atoms with Gasteiger partial charge in [0.1, 0.15) is 0 Å². The molecule has 0 fully saturated rings. The Morgan fingerprint density at radius 3 is 2.73 bits per heavy atom. The normalized spacial score (nSPS) is 25.5. The van der Waals surface area contributed by atoms with Crippen LogP contribution in [0.2, 0.25) is 0 Å². The van der Waals surface area contributed by atoms with E-state index in [1.807, 2.05) is 6.92 Å². The smallest absolute Gasteiger partial charge is 0.336 e. The number of carbonyl (C=O) groups is 1. The van der Waals surface area contributed by atoms with Crippen LogP contribution in [0.3, 0.4) is 0 Å². The minimum atomic E-state index is -0.595. The lowest BCUT2D eigenvalue weighted by Crippen LogP contribution is -2.19. The first-order valence-electron chi connectivity index (χ1n) is 7.89. The number of ether oxygens (including phenoxy) is 2. The molecule has 0 spiro atoms. The summed E-state index contributed by atoms with van der Waals surface area (Å²) < 4.78 is 10.5. The van der Waals surface area contributed by atoms with Gasteiger partial charge in [0, 0.05) is 11.6 Å². The van der Waals surface area contributed by atoms with Gasteiger partial charge in [-0.3, -0.25) is 0 Å². The van der Waals surface area contributed by atoms with Crippen molar-refractivity contribution in [1.82, 2.24) is 0 Å². The fraction of sp³-hybridized carbons (Fsp3) is 0.526. The quantitative estimate of drug-likeness (QED) is 0.424. The van der Waals surface area contributed by atoms with Crippen LogP contribution in [0, 0.1) is 5.41 Å². The minimum Gasteiger partial charge on any atom is -0.458 e. The van der Waals surface area contributed by atoms with E-state index in [0.717, 1.165) is 5.57 Å². The van der Waals surface area contributed by atoms with Crippen molar-refractivity contribution in [3.63, 3.8) is 0 Å². The molecule has 1 atom stereocenters. The number of allylic oxidation sites excluding steroid dienone is 5. The Bertz CT molecular complexity index is 573. The van der Waals surface area contributed by atoms with Crippen molar-refractivity contribution < 1.29 is 14.3 Å². The second-order valence-corrected chi connectivity index (χ2v) is 6.89. The van der Waals surface area contributed by atoms with Gasteiger partial charge >= 0.3 is 5.97 Å². The molecule has 0 saturated carbocycles. The van der Waals surface area contributed by atoms with Crippen molar-refractivity contribution in [2.45, 2.75) is 60.2 Å². The highest BCUT2D eigenvalue weighted by Crippen LogP contribution is 2.40. The van der Waals surface area contributed by atoms with Crippen LogP contribution in [-0.2, 0) is 14.3 Å². The summed E-state index contributed by atoms with van der Waals surface area (Å²) in [5.41, 5.74) is 4.73. The zero-order chi connectivity index (χ0) is 16.3. The topological polar surface area (TPSA) is 35.5 Å². The standard InChI is InChI=1S/C19H26O3/c1-13(12-21-17-11-15(3)18(20)22-17)8-9-16-14(2)7-6-10-19(16,4)5/h8-9,11-12,17H,6-7,10H2,1-5H3. The lowest BCUT2D eigenvalue weighted by atomic mass is 9.72. The van der Waals surface area contributed by atoms with Gasteiger partial charge in [-0.2, -0.15) is 0 Å². The van der Waals surface area contributed by atoms with Crippen molar-refractivity contribution in [1.29, 1.82) is 0 Å². The summed E-state index contributed by atoms with van der Waals surface area (Å²) in [5, 5.41) is 0. The summed E-state index contributed by atoms with van der Waals surface area (Å²) in [6.45, 7) is 10.5. The third kappa shape index (κ3) is 3.90. The predicted molar refractivity (Wildman–Crippen MR) is 88.0 cm³/mol. The average molecular weight is 302 g/mol. The van der Waals surface area contributed by atoms with Crippen molar-refractivity contribution >= 4 is 5.97 Å². The molecule has 120 valence electrons. The third-order valence-electron chi connectivity index (χ3n) is 4.37. The van der Waals surface area contributed by atoms with Crippen LogP contribution in [-0.4, -0.2) is 12.3 Å². The lowest BCUT2D eigenvalue weighted by Gasteiger charge is -2.32. The van der Waals surface area contributed by atoms with E-state index >= 15 is 0 Å². The van der Waals surface area contributed by atoms with Crippen LogP contribution in [0.1, 0.15) is 53.9 Å². The molecule has 0 bridgehead atoms. The molecule has 2 rings (SSSR count). The van der Waals surface area contributed by atoms with Gasteiger partial charge in [-0.05, 0) is 56.6 Å². The van der Waals surface area contributed by atoms with Crippen LogP contribution >= 0.6 is 0 Å². The number of esters is 1. The maximum Gasteiger partial charge on any atom is 0.336 e. The Kier molecular flexibility index (Phi) is 4.94. The Balaban J connectivity index is 2.00. The molecule has 0 aromatic carbocycles. The van der Waals surface area contributed by atoms with Crippen molar-refractivity contribution in [2.75, 3.05) is 0 Å². The second kappa shape index (κ2) is 6.55. The average Bonchev–Trinajstić information content (AvgIpc) is 2.74. The Hall–Kier alpha value is -1.77. The minimum absolute atomic E-state index is 0.237. The van der Waals surface area contributed by atoms with E-state index in [9.17, 15) is 4.79 Å². The molecule has 0 amide bonds. The second-order valence-electron chi connectivity index (χ2n) is 6.89. The number of carbonyl (C=O) groups excluding carboxylic acids is 1. The van der Waals surface area contributed by atoms with Crippen molar-refractivity contribution in [3.8, 4) is 0 Å². The Labute approximate surface area is 133 Å². The molecule has 22 heavy (non-hydrogen) atoms. The molecule has 1 unspecified atom stereocenters. The van der Waals surface area contributed by atoms with Gasteiger partial charge in [0.15, 0.2) is 0 Å². The first kappa shape index (κ1) is 16.6. The van der Waals surface area contributed by atoms with E-state index in [0.29, 0.717) is 5.57 Å². The molecule has 0 N–H and O–H groups in total. The molecule has 1 heterocycles. The molecular weight excluding hydrogens is 276 g/mol. The van der Waals surface area contributed by atoms with Gasteiger partial charge in [-0.25, -0.2) is 4.79 Å². The number of rotatable bonds is 4. The van der Waals surface area contributed by atoms with Crippen LogP contribution in [0.4, 0.5) is 0 Å². The summed E-state index contributed by atoms with van der Waals surface area (Å²) in [6, 6.07) is 0. The Morgan fingerprint density at radius 2 is 2.14 bits per heavy atom. The first-order chi connectivity index (χ1) is 10.3. The molecule has 0 aromatic rings. The monoisotopic (exact) mass is 302 g/mol. The largest absolute Gasteiger partial charge is 0.458 e. The maximum absolute atomic E-state index is 11.3. The van der Waals surface area contributed by atoms with Gasteiger partial charge in [0.2, 0.25) is 0 Å². The number of cyclic esters (lactones) is 1. The molecule has 1 aliphatic carbocycles. The summed E-state index contributed by atoms with van der Waals surface area (Å²) in [4.78, 5) is 11.3. The van der Waals surface area contributed by atoms with E-state index in [2.05, 4.69) is 32.9 Å². The molecule has 3 heteroatoms. The van der Waals surface area contributed by atoms with E-state index < -0.39 is 6.29 Å². The van der Waals surface area contributed by atoms with Gasteiger partial charge in [-0.15, -0.1) is 0 Å². The summed E-state index contributed by atoms with van der Waals surface area (Å²) in [6.07, 6.45) is 10.7. The molecular formula is C19H26O3. The summed E-state index contributed by atoms with van der Waals surface area (Å²) in [5.74, 6) is -0.309. The van der Waals surface area contributed by atoms with Crippen LogP contribution < -0.4 is 0 Å². The maximum atomic E-state index is 11.3. The highest BCUT2D eigenvalue weighted by atomic mass is 16.7. The van der Waals surface area contributed by atoms with Crippen LogP contribution in [0.5, 0.6) is 0 Å². The van der Waals surface area contributed by atoms with Gasteiger partial charge in [0.25, 0.3) is 6.29 Å². The molecule has 0 radical (unpaired) electrons. The lowest BCUT2D eigenvalue weighted by molar-refractivity contribution is -0.152. The first-order valence-corrected chi connectivity index (χ1v) is 7.89. The zero-order valence-electron chi connectivity index (χ0n) is 14.2. The molecule has 1 aliphatic heterocycles. The van der Waals surface area contributed by atoms with Crippen LogP contribution in [0.15, 0.2) is 46.8 Å². The van der Waals surface area contributed by atoms with Gasteiger partial charge < -0.3 is 9.47 Å². The highest BCUT2D eigenvalue weighted by molar-refractivity contribution is 5.89. The summed E-state index contributed by atoms with van der Waals surface area (Å²) in [7, 11) is 0. The van der Waals surface area contributed by atoms with Crippen molar-refractivity contribution in [3.05, 3.63) is 46.8 Å². The van der Waals surface area contributed by atoms with Gasteiger partial charge in [0.05, 0.1) is 6.26 Å². The molecule has 0 saturated heterocycles. The zero-order valence-corrected chi connectivity index (χ0v) is 14.2. The third-order valence-corrected chi connectivity index (χ3v) is 4.37. The molecule has 3 nitrogen and oxygen atoms in total. The Morgan fingerprint density at radius 1 is 1.41 bits per heavy atom. The predicted octanol–water partition coefficient (Wildman–Crippen LogP) is 4.82. The molecule has 0 aromatic heterocycles. The fourth-order valence-electron chi connectivity index (χ4n) is 3.01. The van der Waals surface area contributed by atoms with Crippen molar-refractivity contribution in [2.24, 2.45) is 5.41 Å². The van der Waals surface area contributed by atoms with Gasteiger partial charge in [-0.1, -0.05) is 31.6 Å². The SMILES string of the molecule is CC(C=CC1=C(C)CCCC1(C)C)=COC1C=C(C)C(=O)O1. The number of hydrogen-bond acceptors (Lipinski definition) is 3. The van der Waals surface area contributed by atoms with E-state index in [-0.39, 0.29) is 11.4 Å². The van der Waals surface area contributed by atoms with Crippen LogP contribution in [0.25, 0.3) is 0 Å². The molecule has 2 aliphatic rings. The summed E-state index contributed by atoms with van der Waals surface area (Å²) >= 11 is 0. The highest BCUT2D eigenvalue weighted by Gasteiger charge is 2.26. The van der Waals surface area contributed by atoms with E-state index in [4.69, 9.17) is 9.47 Å². The van der Waals surface area contributed by atoms with E-state index in [1.165, 1.54) is 30.4 Å². The fourth-order valence-corrected chi connectivity index (χ4v) is 3.01. The van der Waals surface area contributed by atoms with E-state index in [1.54, 1.807) is 19.3 Å².